The van der Waals surface area contributed by atoms with Gasteiger partial charge in [0.15, 0.2) is 5.13 Å². The monoisotopic (exact) mass is 373 g/mol. The number of hydrogen-bond donors (Lipinski definition) is 1. The minimum atomic E-state index is 0.0653. The number of rotatable bonds is 5. The summed E-state index contributed by atoms with van der Waals surface area (Å²) >= 11 is 1.66. The maximum atomic E-state index is 12.5. The van der Waals surface area contributed by atoms with E-state index in [0.717, 1.165) is 49.9 Å². The minimum Gasteiger partial charge on any atom is -0.335 e. The minimum absolute atomic E-state index is 0.0653. The Morgan fingerprint density at radius 2 is 2.23 bits per heavy atom. The summed E-state index contributed by atoms with van der Waals surface area (Å²) in [6, 6.07) is 0. The highest BCUT2D eigenvalue weighted by Gasteiger charge is 2.23. The molecule has 1 amide bonds. The molecule has 3 heterocycles. The predicted molar refractivity (Wildman–Crippen MR) is 104 cm³/mol. The molecule has 0 bridgehead atoms. The second kappa shape index (κ2) is 7.88. The van der Waals surface area contributed by atoms with Crippen LogP contribution in [0.2, 0.25) is 0 Å². The highest BCUT2D eigenvalue weighted by molar-refractivity contribution is 7.15. The van der Waals surface area contributed by atoms with Gasteiger partial charge in [-0.05, 0) is 57.9 Å². The Kier molecular flexibility index (Phi) is 5.36. The van der Waals surface area contributed by atoms with Crippen molar-refractivity contribution >= 4 is 22.4 Å². The molecule has 0 saturated carbocycles. The maximum absolute atomic E-state index is 12.5. The van der Waals surface area contributed by atoms with Crippen LogP contribution in [0.3, 0.4) is 0 Å². The fourth-order valence-corrected chi connectivity index (χ4v) is 5.15. The molecular weight excluding hydrogens is 346 g/mol. The van der Waals surface area contributed by atoms with Crippen molar-refractivity contribution < 1.29 is 4.79 Å². The van der Waals surface area contributed by atoms with Crippen LogP contribution in [0, 0.1) is 12.8 Å². The van der Waals surface area contributed by atoms with Crippen molar-refractivity contribution in [3.63, 3.8) is 0 Å². The summed E-state index contributed by atoms with van der Waals surface area (Å²) in [5.41, 5.74) is 1.20. The second-order valence-electron chi connectivity index (χ2n) is 7.51. The smallest absolute Gasteiger partial charge is 0.240 e. The SMILES string of the molecule is Cc1nccn1CC1CCCN(CC(=O)Nc2nc3c(s2)CCCC3)C1. The highest BCUT2D eigenvalue weighted by Crippen LogP contribution is 2.29. The third kappa shape index (κ3) is 4.15. The van der Waals surface area contributed by atoms with Crippen molar-refractivity contribution in [3.05, 3.63) is 28.8 Å². The molecule has 4 rings (SSSR count). The largest absolute Gasteiger partial charge is 0.335 e. The average Bonchev–Trinajstić information content (AvgIpc) is 3.20. The molecule has 1 aliphatic heterocycles. The molecular formula is C19H27N5OS. The van der Waals surface area contributed by atoms with Crippen molar-refractivity contribution in [2.45, 2.75) is 52.0 Å². The van der Waals surface area contributed by atoms with E-state index in [2.05, 4.69) is 24.8 Å². The number of aryl methyl sites for hydroxylation is 3. The topological polar surface area (TPSA) is 63.1 Å². The first-order chi connectivity index (χ1) is 12.7. The quantitative estimate of drug-likeness (QED) is 0.875. The summed E-state index contributed by atoms with van der Waals surface area (Å²) in [7, 11) is 0. The van der Waals surface area contributed by atoms with Gasteiger partial charge in [0.05, 0.1) is 12.2 Å². The number of anilines is 1. The lowest BCUT2D eigenvalue weighted by Crippen LogP contribution is -2.41. The number of fused-ring (bicyclic) bond motifs is 1. The van der Waals surface area contributed by atoms with E-state index < -0.39 is 0 Å². The molecule has 1 N–H and O–H groups in total. The molecule has 2 aromatic rings. The highest BCUT2D eigenvalue weighted by atomic mass is 32.1. The summed E-state index contributed by atoms with van der Waals surface area (Å²) in [6.07, 6.45) is 10.9. The summed E-state index contributed by atoms with van der Waals surface area (Å²) in [5.74, 6) is 1.71. The van der Waals surface area contributed by atoms with Gasteiger partial charge in [-0.2, -0.15) is 0 Å². The van der Waals surface area contributed by atoms with Crippen molar-refractivity contribution in [2.24, 2.45) is 5.92 Å². The molecule has 6 nitrogen and oxygen atoms in total. The summed E-state index contributed by atoms with van der Waals surface area (Å²) in [6.45, 7) is 5.47. The van der Waals surface area contributed by atoms with Crippen LogP contribution in [-0.4, -0.2) is 45.0 Å². The molecule has 1 aliphatic carbocycles. The molecule has 0 spiro atoms. The van der Waals surface area contributed by atoms with Crippen LogP contribution in [0.25, 0.3) is 0 Å². The zero-order chi connectivity index (χ0) is 17.9. The molecule has 1 saturated heterocycles. The molecule has 1 unspecified atom stereocenters. The lowest BCUT2D eigenvalue weighted by Gasteiger charge is -2.32. The van der Waals surface area contributed by atoms with Gasteiger partial charge in [0.2, 0.25) is 5.91 Å². The summed E-state index contributed by atoms with van der Waals surface area (Å²) in [5, 5.41) is 3.81. The third-order valence-corrected chi connectivity index (χ3v) is 6.51. The lowest BCUT2D eigenvalue weighted by atomic mass is 9.98. The zero-order valence-electron chi connectivity index (χ0n) is 15.4. The molecule has 0 radical (unpaired) electrons. The molecule has 2 aliphatic rings. The van der Waals surface area contributed by atoms with Crippen LogP contribution in [0.5, 0.6) is 0 Å². The Labute approximate surface area is 158 Å². The number of carbonyl (C=O) groups is 1. The number of piperidine rings is 1. The van der Waals surface area contributed by atoms with E-state index in [4.69, 9.17) is 0 Å². The molecule has 7 heteroatoms. The standard InChI is InChI=1S/C19H27N5OS/c1-14-20-8-10-24(14)12-15-5-4-9-23(11-15)13-18(25)22-19-21-16-6-2-3-7-17(16)26-19/h8,10,15H,2-7,9,11-13H2,1H3,(H,21,22,25). The van der Waals surface area contributed by atoms with E-state index >= 15 is 0 Å². The Balaban J connectivity index is 1.29. The number of nitrogens with zero attached hydrogens (tertiary/aromatic N) is 4. The Morgan fingerprint density at radius 1 is 1.35 bits per heavy atom. The van der Waals surface area contributed by atoms with E-state index in [1.807, 2.05) is 19.3 Å². The van der Waals surface area contributed by atoms with Gasteiger partial charge in [0.25, 0.3) is 0 Å². The van der Waals surface area contributed by atoms with E-state index in [1.165, 1.54) is 29.8 Å². The van der Waals surface area contributed by atoms with Crippen LogP contribution < -0.4 is 5.32 Å². The van der Waals surface area contributed by atoms with Crippen LogP contribution in [0.1, 0.15) is 42.1 Å². The number of imidazole rings is 1. The first-order valence-electron chi connectivity index (χ1n) is 9.66. The Morgan fingerprint density at radius 3 is 3.04 bits per heavy atom. The number of thiazole rings is 1. The van der Waals surface area contributed by atoms with Gasteiger partial charge >= 0.3 is 0 Å². The lowest BCUT2D eigenvalue weighted by molar-refractivity contribution is -0.117. The zero-order valence-corrected chi connectivity index (χ0v) is 16.2. The molecule has 26 heavy (non-hydrogen) atoms. The number of likely N-dealkylation sites (tertiary alicyclic amines) is 1. The van der Waals surface area contributed by atoms with Gasteiger partial charge in [-0.15, -0.1) is 11.3 Å². The predicted octanol–water partition coefficient (Wildman–Crippen LogP) is 2.88. The third-order valence-electron chi connectivity index (χ3n) is 5.44. The summed E-state index contributed by atoms with van der Waals surface area (Å²) < 4.78 is 2.22. The van der Waals surface area contributed by atoms with E-state index in [-0.39, 0.29) is 5.91 Å². The molecule has 1 fully saturated rings. The van der Waals surface area contributed by atoms with Crippen molar-refractivity contribution in [2.75, 3.05) is 25.0 Å². The van der Waals surface area contributed by atoms with Crippen molar-refractivity contribution in [1.82, 2.24) is 19.4 Å². The average molecular weight is 374 g/mol. The summed E-state index contributed by atoms with van der Waals surface area (Å²) in [4.78, 5) is 25.0. The first-order valence-corrected chi connectivity index (χ1v) is 10.5. The number of nitrogens with one attached hydrogen (secondary N) is 1. The van der Waals surface area contributed by atoms with Crippen LogP contribution in [-0.2, 0) is 24.2 Å². The molecule has 140 valence electrons. The molecule has 0 aromatic carbocycles. The number of amides is 1. The number of hydrogen-bond acceptors (Lipinski definition) is 5. The molecule has 2 aromatic heterocycles. The second-order valence-corrected chi connectivity index (χ2v) is 8.60. The first kappa shape index (κ1) is 17.7. The van der Waals surface area contributed by atoms with Crippen molar-refractivity contribution in [1.29, 1.82) is 0 Å². The van der Waals surface area contributed by atoms with Crippen LogP contribution in [0.15, 0.2) is 12.4 Å². The Hall–Kier alpha value is -1.73. The van der Waals surface area contributed by atoms with Gasteiger partial charge in [0.1, 0.15) is 5.82 Å². The number of aromatic nitrogens is 3. The van der Waals surface area contributed by atoms with Gasteiger partial charge in [0, 0.05) is 30.4 Å². The van der Waals surface area contributed by atoms with E-state index in [9.17, 15) is 4.79 Å². The van der Waals surface area contributed by atoms with Crippen LogP contribution in [0.4, 0.5) is 5.13 Å². The molecule has 1 atom stereocenters. The normalized spacial score (nSPS) is 20.7. The van der Waals surface area contributed by atoms with E-state index in [0.29, 0.717) is 12.5 Å². The Bertz CT molecular complexity index is 744. The van der Waals surface area contributed by atoms with E-state index in [1.54, 1.807) is 11.3 Å². The maximum Gasteiger partial charge on any atom is 0.240 e. The fraction of sp³-hybridized carbons (Fsp3) is 0.632. The number of carbonyl (C=O) groups excluding carboxylic acids is 1. The van der Waals surface area contributed by atoms with Crippen LogP contribution >= 0.6 is 11.3 Å². The van der Waals surface area contributed by atoms with Gasteiger partial charge in [-0.25, -0.2) is 9.97 Å². The van der Waals surface area contributed by atoms with Gasteiger partial charge in [-0.1, -0.05) is 0 Å². The van der Waals surface area contributed by atoms with Gasteiger partial charge in [-0.3, -0.25) is 9.69 Å². The fourth-order valence-electron chi connectivity index (χ4n) is 4.09. The van der Waals surface area contributed by atoms with Gasteiger partial charge < -0.3 is 9.88 Å². The van der Waals surface area contributed by atoms with Crippen molar-refractivity contribution in [3.8, 4) is 0 Å².